The van der Waals surface area contributed by atoms with Gasteiger partial charge in [0, 0.05) is 5.25 Å². The monoisotopic (exact) mass is 442 g/mol. The molecule has 2 unspecified atom stereocenters. The predicted octanol–water partition coefficient (Wildman–Crippen LogP) is 3.72. The Kier molecular flexibility index (Phi) is 24.4. The van der Waals surface area contributed by atoms with Crippen LogP contribution in [0.25, 0.3) is 0 Å². The van der Waals surface area contributed by atoms with Gasteiger partial charge in [-0.1, -0.05) is 104 Å². The van der Waals surface area contributed by atoms with Crippen LogP contribution >= 0.6 is 0 Å². The standard InChI is InChI=1S/C23H48O4S.Na/c1-3-5-7-9-10-11-12-14-16-20-23(28(25,26)27)21-17-19-22(24)18-15-13-8-6-4-2;/h22-24H,3-21H2,1-2H3,(H,25,26,27);/q;+1/p-1. The first-order chi connectivity index (χ1) is 13.4. The smallest absolute Gasteiger partial charge is 0.748 e. The van der Waals surface area contributed by atoms with Gasteiger partial charge in [0.2, 0.25) is 0 Å². The molecule has 0 radical (unpaired) electrons. The second kappa shape index (κ2) is 22.1. The van der Waals surface area contributed by atoms with Gasteiger partial charge in [0.05, 0.1) is 16.2 Å². The van der Waals surface area contributed by atoms with Crippen LogP contribution in [0.3, 0.4) is 0 Å². The molecule has 0 rings (SSSR count). The van der Waals surface area contributed by atoms with E-state index in [9.17, 15) is 18.1 Å². The van der Waals surface area contributed by atoms with Crippen LogP contribution in [0.5, 0.6) is 0 Å². The van der Waals surface area contributed by atoms with E-state index in [1.54, 1.807) is 0 Å². The van der Waals surface area contributed by atoms with E-state index in [0.29, 0.717) is 25.7 Å². The third-order valence-corrected chi connectivity index (χ3v) is 7.03. The van der Waals surface area contributed by atoms with E-state index in [4.69, 9.17) is 0 Å². The SMILES string of the molecule is CCCCCCCCCCCC(CCCC(O)CCCCCCC)S(=O)(=O)[O-].[Na+]. The van der Waals surface area contributed by atoms with Gasteiger partial charge < -0.3 is 9.66 Å². The number of aliphatic hydroxyl groups excluding tert-OH is 1. The van der Waals surface area contributed by atoms with E-state index in [0.717, 1.165) is 38.5 Å². The fourth-order valence-electron chi connectivity index (χ4n) is 3.82. The molecule has 0 heterocycles. The topological polar surface area (TPSA) is 77.4 Å². The van der Waals surface area contributed by atoms with Crippen molar-refractivity contribution in [3.05, 3.63) is 0 Å². The number of aliphatic hydroxyl groups is 1. The summed E-state index contributed by atoms with van der Waals surface area (Å²) < 4.78 is 34.6. The van der Waals surface area contributed by atoms with Crippen LogP contribution < -0.4 is 29.6 Å². The van der Waals surface area contributed by atoms with E-state index in [1.165, 1.54) is 57.8 Å². The van der Waals surface area contributed by atoms with Crippen molar-refractivity contribution < 1.29 is 47.6 Å². The Balaban J connectivity index is 0. The van der Waals surface area contributed by atoms with Crippen LogP contribution in [0, 0.1) is 0 Å². The van der Waals surface area contributed by atoms with Crippen molar-refractivity contribution in [2.75, 3.05) is 0 Å². The van der Waals surface area contributed by atoms with E-state index < -0.39 is 15.4 Å². The third kappa shape index (κ3) is 21.9. The zero-order valence-corrected chi connectivity index (χ0v) is 22.5. The summed E-state index contributed by atoms with van der Waals surface area (Å²) in [5.41, 5.74) is 0. The normalized spacial score (nSPS) is 13.8. The molecule has 1 N–H and O–H groups in total. The van der Waals surface area contributed by atoms with E-state index in [-0.39, 0.29) is 35.7 Å². The Morgan fingerprint density at radius 2 is 0.966 bits per heavy atom. The minimum Gasteiger partial charge on any atom is -0.748 e. The Morgan fingerprint density at radius 1 is 0.621 bits per heavy atom. The molecular formula is C23H47NaO4S. The van der Waals surface area contributed by atoms with Gasteiger partial charge in [-0.05, 0) is 32.1 Å². The Morgan fingerprint density at radius 3 is 1.41 bits per heavy atom. The first-order valence-corrected chi connectivity index (χ1v) is 13.5. The summed E-state index contributed by atoms with van der Waals surface area (Å²) in [5, 5.41) is 9.27. The average Bonchev–Trinajstić information content (AvgIpc) is 2.64. The maximum atomic E-state index is 11.5. The molecule has 0 aliphatic carbocycles. The summed E-state index contributed by atoms with van der Waals surface area (Å²) in [5.74, 6) is 0. The van der Waals surface area contributed by atoms with Crippen LogP contribution in [-0.4, -0.2) is 29.4 Å². The first kappa shape index (κ1) is 32.1. The number of hydrogen-bond donors (Lipinski definition) is 1. The molecule has 0 aromatic carbocycles. The van der Waals surface area contributed by atoms with Gasteiger partial charge in [0.15, 0.2) is 0 Å². The molecule has 29 heavy (non-hydrogen) atoms. The molecule has 0 aromatic rings. The summed E-state index contributed by atoms with van der Waals surface area (Å²) in [4.78, 5) is 0. The summed E-state index contributed by atoms with van der Waals surface area (Å²) >= 11 is 0. The molecule has 0 aliphatic heterocycles. The van der Waals surface area contributed by atoms with Crippen molar-refractivity contribution in [3.63, 3.8) is 0 Å². The maximum absolute atomic E-state index is 11.5. The molecule has 170 valence electrons. The summed E-state index contributed by atoms with van der Waals surface area (Å²) in [6.07, 6.45) is 19.1. The molecule has 2 atom stereocenters. The first-order valence-electron chi connectivity index (χ1n) is 12.0. The van der Waals surface area contributed by atoms with Gasteiger partial charge in [-0.2, -0.15) is 0 Å². The molecule has 0 aromatic heterocycles. The Hall–Kier alpha value is 0.870. The second-order valence-electron chi connectivity index (χ2n) is 8.52. The number of rotatable bonds is 21. The Bertz CT molecular complexity index is 429. The van der Waals surface area contributed by atoms with Crippen molar-refractivity contribution in [3.8, 4) is 0 Å². The molecule has 0 saturated heterocycles. The second-order valence-corrected chi connectivity index (χ2v) is 10.2. The van der Waals surface area contributed by atoms with Crippen LogP contribution in [0.1, 0.15) is 136 Å². The summed E-state index contributed by atoms with van der Waals surface area (Å²) in [6.45, 7) is 4.40. The molecule has 0 amide bonds. The third-order valence-electron chi connectivity index (χ3n) is 5.74. The van der Waals surface area contributed by atoms with Gasteiger partial charge in [-0.15, -0.1) is 0 Å². The van der Waals surface area contributed by atoms with Crippen molar-refractivity contribution in [2.45, 2.75) is 147 Å². The molecule has 0 saturated carbocycles. The van der Waals surface area contributed by atoms with E-state index in [2.05, 4.69) is 13.8 Å². The van der Waals surface area contributed by atoms with Crippen LogP contribution in [0.4, 0.5) is 0 Å². The van der Waals surface area contributed by atoms with Crippen molar-refractivity contribution in [2.24, 2.45) is 0 Å². The summed E-state index contributed by atoms with van der Waals surface area (Å²) in [7, 11) is -4.23. The van der Waals surface area contributed by atoms with Crippen molar-refractivity contribution >= 4 is 10.1 Å². The molecule has 0 spiro atoms. The zero-order valence-electron chi connectivity index (χ0n) is 19.7. The Labute approximate surface area is 204 Å². The molecule has 0 fully saturated rings. The van der Waals surface area contributed by atoms with Gasteiger partial charge in [-0.3, -0.25) is 0 Å². The van der Waals surface area contributed by atoms with Crippen LogP contribution in [0.2, 0.25) is 0 Å². The predicted molar refractivity (Wildman–Crippen MR) is 119 cm³/mol. The minimum atomic E-state index is -4.23. The van der Waals surface area contributed by atoms with E-state index >= 15 is 0 Å². The number of hydrogen-bond acceptors (Lipinski definition) is 4. The molecule has 4 nitrogen and oxygen atoms in total. The van der Waals surface area contributed by atoms with Crippen molar-refractivity contribution in [1.82, 2.24) is 0 Å². The quantitative estimate of drug-likeness (QED) is 0.167. The maximum Gasteiger partial charge on any atom is 1.00 e. The van der Waals surface area contributed by atoms with Gasteiger partial charge >= 0.3 is 29.6 Å². The summed E-state index contributed by atoms with van der Waals surface area (Å²) in [6, 6.07) is 0. The molecule has 0 bridgehead atoms. The van der Waals surface area contributed by atoms with Gasteiger partial charge in [-0.25, -0.2) is 8.42 Å². The largest absolute Gasteiger partial charge is 1.00 e. The van der Waals surface area contributed by atoms with Crippen LogP contribution in [0.15, 0.2) is 0 Å². The zero-order chi connectivity index (χ0) is 21.1. The average molecular weight is 443 g/mol. The molecular weight excluding hydrogens is 395 g/mol. The molecule has 6 heteroatoms. The number of unbranched alkanes of at least 4 members (excludes halogenated alkanes) is 12. The fraction of sp³-hybridized carbons (Fsp3) is 1.00. The van der Waals surface area contributed by atoms with Gasteiger partial charge in [0.25, 0.3) is 0 Å². The van der Waals surface area contributed by atoms with Crippen molar-refractivity contribution in [1.29, 1.82) is 0 Å². The molecule has 0 aliphatic rings. The van der Waals surface area contributed by atoms with Crippen LogP contribution in [-0.2, 0) is 10.1 Å². The van der Waals surface area contributed by atoms with Gasteiger partial charge in [0.1, 0.15) is 0 Å². The van der Waals surface area contributed by atoms with E-state index in [1.807, 2.05) is 0 Å². The minimum absolute atomic E-state index is 0. The fourth-order valence-corrected chi connectivity index (χ4v) is 4.74.